The lowest BCUT2D eigenvalue weighted by Crippen LogP contribution is -2.55. The van der Waals surface area contributed by atoms with Crippen molar-refractivity contribution in [2.75, 3.05) is 32.4 Å². The average Bonchev–Trinajstić information content (AvgIpc) is 3.71. The molecule has 2 amide bonds. The summed E-state index contributed by atoms with van der Waals surface area (Å²) in [5.41, 5.74) is 3.55. The smallest absolute Gasteiger partial charge is 0.245 e. The highest BCUT2D eigenvalue weighted by Crippen LogP contribution is 2.50. The monoisotopic (exact) mass is 561 g/mol. The fraction of sp³-hybridized carbons (Fsp3) is 0.438. The van der Waals surface area contributed by atoms with Crippen LogP contribution in [0, 0.1) is 12.8 Å². The number of rotatable bonds is 10. The highest BCUT2D eigenvalue weighted by molar-refractivity contribution is 7.88. The van der Waals surface area contributed by atoms with Crippen LogP contribution in [0.15, 0.2) is 66.7 Å². The summed E-state index contributed by atoms with van der Waals surface area (Å²) in [5, 5.41) is 5.24. The van der Waals surface area contributed by atoms with Crippen LogP contribution in [-0.4, -0.2) is 67.9 Å². The van der Waals surface area contributed by atoms with Crippen LogP contribution in [-0.2, 0) is 26.0 Å². The molecule has 1 aliphatic carbocycles. The number of carbonyl (C=O) groups excluding carboxylic acids is 2. The van der Waals surface area contributed by atoms with E-state index in [4.69, 9.17) is 0 Å². The van der Waals surface area contributed by atoms with Crippen molar-refractivity contribution in [2.45, 2.75) is 51.0 Å². The first-order chi connectivity index (χ1) is 19.2. The maximum atomic E-state index is 13.6. The minimum atomic E-state index is -3.29. The molecule has 1 heterocycles. The van der Waals surface area contributed by atoms with Crippen molar-refractivity contribution in [3.8, 4) is 0 Å². The Bertz CT molecular complexity index is 1460. The lowest BCUT2D eigenvalue weighted by molar-refractivity contribution is -0.137. The van der Waals surface area contributed by atoms with E-state index >= 15 is 0 Å². The van der Waals surface area contributed by atoms with E-state index in [-0.39, 0.29) is 31.3 Å². The molecule has 5 rings (SSSR count). The van der Waals surface area contributed by atoms with Crippen LogP contribution >= 0.6 is 0 Å². The Balaban J connectivity index is 1.20. The van der Waals surface area contributed by atoms with Crippen LogP contribution in [0.4, 0.5) is 0 Å². The van der Waals surface area contributed by atoms with E-state index in [2.05, 4.69) is 36.5 Å². The van der Waals surface area contributed by atoms with Gasteiger partial charge in [-0.25, -0.2) is 8.42 Å². The van der Waals surface area contributed by atoms with Crippen molar-refractivity contribution in [1.29, 1.82) is 0 Å². The molecule has 3 aromatic rings. The van der Waals surface area contributed by atoms with Crippen molar-refractivity contribution < 1.29 is 18.0 Å². The Morgan fingerprint density at radius 3 is 2.35 bits per heavy atom. The number of carbonyl (C=O) groups is 2. The van der Waals surface area contributed by atoms with E-state index in [1.165, 1.54) is 28.1 Å². The fourth-order valence-electron chi connectivity index (χ4n) is 5.87. The summed E-state index contributed by atoms with van der Waals surface area (Å²) in [5.74, 6) is 0.907. The van der Waals surface area contributed by atoms with Gasteiger partial charge in [0.2, 0.25) is 21.8 Å². The summed E-state index contributed by atoms with van der Waals surface area (Å²) >= 11 is 0. The van der Waals surface area contributed by atoms with Crippen LogP contribution in [0.25, 0.3) is 10.8 Å². The number of amides is 2. The van der Waals surface area contributed by atoms with Crippen molar-refractivity contribution in [3.63, 3.8) is 0 Å². The molecule has 0 spiro atoms. The molecule has 1 N–H and O–H groups in total. The predicted octanol–water partition coefficient (Wildman–Crippen LogP) is 4.25. The van der Waals surface area contributed by atoms with Crippen LogP contribution in [0.5, 0.6) is 0 Å². The molecule has 3 atom stereocenters. The first-order valence-corrected chi connectivity index (χ1v) is 16.1. The molecule has 1 aliphatic heterocycles. The molecule has 1 saturated carbocycles. The molecule has 2 aliphatic rings. The third-order valence-electron chi connectivity index (χ3n) is 8.33. The molecule has 0 unspecified atom stereocenters. The van der Waals surface area contributed by atoms with Gasteiger partial charge in [0.15, 0.2) is 0 Å². The van der Waals surface area contributed by atoms with Gasteiger partial charge in [-0.1, -0.05) is 78.7 Å². The van der Waals surface area contributed by atoms with Gasteiger partial charge in [-0.05, 0) is 59.9 Å². The zero-order valence-corrected chi connectivity index (χ0v) is 24.2. The maximum absolute atomic E-state index is 13.6. The minimum Gasteiger partial charge on any atom is -0.344 e. The summed E-state index contributed by atoms with van der Waals surface area (Å²) in [4.78, 5) is 28.4. The lowest BCUT2D eigenvalue weighted by Gasteiger charge is -2.35. The van der Waals surface area contributed by atoms with E-state index in [1.54, 1.807) is 4.90 Å². The number of nitrogens with zero attached hydrogens (tertiary/aromatic N) is 2. The molecule has 8 heteroatoms. The first kappa shape index (κ1) is 28.3. The van der Waals surface area contributed by atoms with Gasteiger partial charge in [0.25, 0.3) is 0 Å². The van der Waals surface area contributed by atoms with Gasteiger partial charge >= 0.3 is 0 Å². The van der Waals surface area contributed by atoms with E-state index in [9.17, 15) is 18.0 Å². The van der Waals surface area contributed by atoms with Gasteiger partial charge in [-0.2, -0.15) is 4.31 Å². The van der Waals surface area contributed by atoms with Gasteiger partial charge < -0.3 is 10.2 Å². The zero-order valence-electron chi connectivity index (χ0n) is 23.4. The number of hydrogen-bond donors (Lipinski definition) is 1. The van der Waals surface area contributed by atoms with Gasteiger partial charge in [-0.15, -0.1) is 0 Å². The summed E-state index contributed by atoms with van der Waals surface area (Å²) in [6.07, 6.45) is 5.01. The van der Waals surface area contributed by atoms with Crippen LogP contribution in [0.1, 0.15) is 48.3 Å². The Morgan fingerprint density at radius 1 is 0.950 bits per heavy atom. The molecule has 0 bridgehead atoms. The van der Waals surface area contributed by atoms with E-state index in [0.717, 1.165) is 29.2 Å². The molecule has 2 fully saturated rings. The van der Waals surface area contributed by atoms with Crippen molar-refractivity contribution >= 4 is 32.6 Å². The second-order valence-electron chi connectivity index (χ2n) is 11.4. The second kappa shape index (κ2) is 12.1. The summed E-state index contributed by atoms with van der Waals surface area (Å²) < 4.78 is 25.2. The van der Waals surface area contributed by atoms with Crippen LogP contribution in [0.2, 0.25) is 0 Å². The Labute approximate surface area is 237 Å². The zero-order chi connectivity index (χ0) is 28.3. The fourth-order valence-corrected chi connectivity index (χ4v) is 6.70. The highest BCUT2D eigenvalue weighted by Gasteiger charge is 2.38. The maximum Gasteiger partial charge on any atom is 0.245 e. The van der Waals surface area contributed by atoms with Gasteiger partial charge in [-0.3, -0.25) is 9.59 Å². The van der Waals surface area contributed by atoms with E-state index in [1.807, 2.05) is 42.5 Å². The van der Waals surface area contributed by atoms with Gasteiger partial charge in [0.05, 0.1) is 12.7 Å². The molecule has 212 valence electrons. The molecule has 0 radical (unpaired) electrons. The molecular weight excluding hydrogens is 522 g/mol. The molecule has 0 aromatic heterocycles. The largest absolute Gasteiger partial charge is 0.344 e. The number of fused-ring (bicyclic) bond motifs is 1. The third-order valence-corrected chi connectivity index (χ3v) is 9.63. The van der Waals surface area contributed by atoms with E-state index < -0.39 is 16.1 Å². The molecule has 1 saturated heterocycles. The topological polar surface area (TPSA) is 86.8 Å². The molecule has 40 heavy (non-hydrogen) atoms. The van der Waals surface area contributed by atoms with Gasteiger partial charge in [0.1, 0.15) is 6.04 Å². The average molecular weight is 562 g/mol. The van der Waals surface area contributed by atoms with Gasteiger partial charge in [0, 0.05) is 26.2 Å². The van der Waals surface area contributed by atoms with Crippen LogP contribution in [0.3, 0.4) is 0 Å². The Morgan fingerprint density at radius 2 is 1.65 bits per heavy atom. The van der Waals surface area contributed by atoms with Crippen LogP contribution < -0.4 is 5.32 Å². The lowest BCUT2D eigenvalue weighted by atomic mass is 10.0. The summed E-state index contributed by atoms with van der Waals surface area (Å²) in [7, 11) is -3.29. The minimum absolute atomic E-state index is 0.120. The standard InChI is InChI=1S/C32H39N3O4S/c1-23-10-13-26(14-11-23)29-22-28(29)8-5-9-30(32(37)34-16-18-35(19-17-34)40(2,38)39)33-31(36)21-24-12-15-25-6-3-4-7-27(25)20-24/h3-4,6-7,10-15,20,28-30H,5,8-9,16-19,21-22H2,1-2H3,(H,33,36)/t28-,29+,30+/m1/s1. The molecular formula is C32H39N3O4S. The number of sulfonamides is 1. The van der Waals surface area contributed by atoms with Crippen molar-refractivity contribution in [1.82, 2.24) is 14.5 Å². The summed E-state index contributed by atoms with van der Waals surface area (Å²) in [6.45, 7) is 3.33. The Hall–Kier alpha value is -3.23. The normalized spacial score (nSPS) is 20.3. The number of benzene rings is 3. The highest BCUT2D eigenvalue weighted by atomic mass is 32.2. The molecule has 3 aromatic carbocycles. The van der Waals surface area contributed by atoms with Crippen molar-refractivity contribution in [3.05, 3.63) is 83.4 Å². The number of nitrogens with one attached hydrogen (secondary N) is 1. The number of piperazine rings is 1. The second-order valence-corrected chi connectivity index (χ2v) is 13.4. The molecule has 7 nitrogen and oxygen atoms in total. The Kier molecular flexibility index (Phi) is 8.57. The van der Waals surface area contributed by atoms with E-state index in [0.29, 0.717) is 31.3 Å². The quantitative estimate of drug-likeness (QED) is 0.401. The SMILES string of the molecule is Cc1ccc([C@@H]2C[C@H]2CCC[C@H](NC(=O)Cc2ccc3ccccc3c2)C(=O)N2CCN(S(C)(=O)=O)CC2)cc1. The van der Waals surface area contributed by atoms with Crippen molar-refractivity contribution in [2.24, 2.45) is 5.92 Å². The third kappa shape index (κ3) is 7.09. The predicted molar refractivity (Wildman–Crippen MR) is 158 cm³/mol. The number of aryl methyl sites for hydroxylation is 1. The first-order valence-electron chi connectivity index (χ1n) is 14.2. The number of hydrogen-bond acceptors (Lipinski definition) is 4. The summed E-state index contributed by atoms with van der Waals surface area (Å²) in [6, 6.07) is 22.2.